The molecular weight excluding hydrogens is 108 g/mol. The fourth-order valence-corrected chi connectivity index (χ4v) is 2.96. The largest absolute Gasteiger partial charge is 0.0673 e. The zero-order chi connectivity index (χ0) is 5.84. The molecule has 0 aliphatic heterocycles. The first-order valence-electron chi connectivity index (χ1n) is 4.17. The van der Waals surface area contributed by atoms with Gasteiger partial charge in [-0.2, -0.15) is 0 Å². The maximum Gasteiger partial charge on any atom is -0.0194 e. The zero-order valence-corrected chi connectivity index (χ0v) is 5.69. The van der Waals surface area contributed by atoms with E-state index in [1.54, 1.807) is 6.42 Å². The van der Waals surface area contributed by atoms with Crippen LogP contribution in [0.3, 0.4) is 0 Å². The lowest BCUT2D eigenvalue weighted by atomic mass is 9.78. The Bertz CT molecular complexity index is 168. The molecule has 3 rings (SSSR count). The Morgan fingerprint density at radius 2 is 1.44 bits per heavy atom. The monoisotopic (exact) mass is 120 g/mol. The minimum atomic E-state index is 1.08. The fraction of sp³-hybridized carbons (Fsp3) is 0.778. The Labute approximate surface area is 56.0 Å². The third-order valence-corrected chi connectivity index (χ3v) is 3.49. The number of fused-ring (bicyclic) bond motifs is 4. The number of rotatable bonds is 0. The van der Waals surface area contributed by atoms with Crippen molar-refractivity contribution in [2.24, 2.45) is 11.8 Å². The van der Waals surface area contributed by atoms with Crippen molar-refractivity contribution in [2.45, 2.75) is 32.1 Å². The van der Waals surface area contributed by atoms with Gasteiger partial charge in [-0.15, -0.1) is 0 Å². The Kier molecular flexibility index (Phi) is 0.633. The van der Waals surface area contributed by atoms with Gasteiger partial charge in [-0.25, -0.2) is 0 Å². The zero-order valence-electron chi connectivity index (χ0n) is 5.69. The summed E-state index contributed by atoms with van der Waals surface area (Å²) in [6, 6.07) is 0. The summed E-state index contributed by atoms with van der Waals surface area (Å²) in [6.45, 7) is 0. The third kappa shape index (κ3) is 0.385. The van der Waals surface area contributed by atoms with Crippen molar-refractivity contribution in [3.8, 4) is 0 Å². The SMILES string of the molecule is C1CC2=C1C1CCC2C1. The maximum absolute atomic E-state index is 1.89. The van der Waals surface area contributed by atoms with Gasteiger partial charge in [-0.1, -0.05) is 11.1 Å². The van der Waals surface area contributed by atoms with E-state index in [1.165, 1.54) is 25.7 Å². The lowest BCUT2D eigenvalue weighted by Crippen LogP contribution is -2.11. The standard InChI is InChI=1S/C9H12/c1-2-7-5-6(1)8-3-4-9(7)8/h6-7H,1-5H2. The molecule has 1 fully saturated rings. The van der Waals surface area contributed by atoms with E-state index in [4.69, 9.17) is 0 Å². The van der Waals surface area contributed by atoms with Gasteiger partial charge >= 0.3 is 0 Å². The predicted octanol–water partition coefficient (Wildman–Crippen LogP) is 2.51. The first kappa shape index (κ1) is 4.54. The smallest absolute Gasteiger partial charge is 0.0194 e. The van der Waals surface area contributed by atoms with Gasteiger partial charge in [-0.3, -0.25) is 0 Å². The van der Waals surface area contributed by atoms with E-state index >= 15 is 0 Å². The molecule has 0 heterocycles. The molecule has 2 unspecified atom stereocenters. The van der Waals surface area contributed by atoms with Crippen LogP contribution in [0.5, 0.6) is 0 Å². The maximum atomic E-state index is 1.89. The highest BCUT2D eigenvalue weighted by Crippen LogP contribution is 2.56. The van der Waals surface area contributed by atoms with Crippen LogP contribution in [-0.2, 0) is 0 Å². The van der Waals surface area contributed by atoms with Crippen LogP contribution in [0.4, 0.5) is 0 Å². The summed E-state index contributed by atoms with van der Waals surface area (Å²) in [7, 11) is 0. The van der Waals surface area contributed by atoms with Gasteiger partial charge < -0.3 is 0 Å². The molecule has 2 bridgehead atoms. The van der Waals surface area contributed by atoms with Gasteiger partial charge in [0.15, 0.2) is 0 Å². The molecule has 0 nitrogen and oxygen atoms in total. The average molecular weight is 120 g/mol. The van der Waals surface area contributed by atoms with E-state index in [0.717, 1.165) is 11.8 Å². The van der Waals surface area contributed by atoms with E-state index in [0.29, 0.717) is 0 Å². The summed E-state index contributed by atoms with van der Waals surface area (Å²) in [5.74, 6) is 2.16. The van der Waals surface area contributed by atoms with Gasteiger partial charge in [0.25, 0.3) is 0 Å². The summed E-state index contributed by atoms with van der Waals surface area (Å²) in [6.07, 6.45) is 7.55. The minimum Gasteiger partial charge on any atom is -0.0673 e. The van der Waals surface area contributed by atoms with Crippen LogP contribution in [0, 0.1) is 11.8 Å². The van der Waals surface area contributed by atoms with Crippen molar-refractivity contribution in [3.63, 3.8) is 0 Å². The summed E-state index contributed by atoms with van der Waals surface area (Å²) >= 11 is 0. The molecule has 3 aliphatic carbocycles. The summed E-state index contributed by atoms with van der Waals surface area (Å²) < 4.78 is 0. The van der Waals surface area contributed by atoms with Crippen LogP contribution < -0.4 is 0 Å². The molecule has 1 saturated carbocycles. The lowest BCUT2D eigenvalue weighted by Gasteiger charge is -2.27. The average Bonchev–Trinajstić information content (AvgIpc) is 2.18. The normalized spacial score (nSPS) is 45.3. The topological polar surface area (TPSA) is 0 Å². The highest BCUT2D eigenvalue weighted by Gasteiger charge is 2.42. The highest BCUT2D eigenvalue weighted by molar-refractivity contribution is 5.36. The summed E-state index contributed by atoms with van der Waals surface area (Å²) in [5.41, 5.74) is 3.79. The lowest BCUT2D eigenvalue weighted by molar-refractivity contribution is 0.553. The molecular formula is C9H12. The second kappa shape index (κ2) is 1.25. The van der Waals surface area contributed by atoms with Crippen LogP contribution in [0.1, 0.15) is 32.1 Å². The second-order valence-corrected chi connectivity index (χ2v) is 3.76. The molecule has 0 aromatic carbocycles. The molecule has 0 aromatic rings. The number of allylic oxidation sites excluding steroid dienone is 2. The minimum absolute atomic E-state index is 1.08. The quantitative estimate of drug-likeness (QED) is 0.431. The summed E-state index contributed by atoms with van der Waals surface area (Å²) in [5, 5.41) is 0. The predicted molar refractivity (Wildman–Crippen MR) is 37.1 cm³/mol. The molecule has 0 aromatic heterocycles. The van der Waals surface area contributed by atoms with Crippen molar-refractivity contribution < 1.29 is 0 Å². The van der Waals surface area contributed by atoms with E-state index in [2.05, 4.69) is 0 Å². The molecule has 0 amide bonds. The van der Waals surface area contributed by atoms with Crippen LogP contribution in [-0.4, -0.2) is 0 Å². The van der Waals surface area contributed by atoms with Crippen molar-refractivity contribution in [3.05, 3.63) is 11.1 Å². The molecule has 2 atom stereocenters. The molecule has 48 valence electrons. The van der Waals surface area contributed by atoms with Crippen molar-refractivity contribution in [1.82, 2.24) is 0 Å². The highest BCUT2D eigenvalue weighted by atomic mass is 14.5. The number of hydrogen-bond donors (Lipinski definition) is 0. The van der Waals surface area contributed by atoms with E-state index < -0.39 is 0 Å². The molecule has 0 spiro atoms. The van der Waals surface area contributed by atoms with E-state index in [1.807, 2.05) is 11.1 Å². The fourth-order valence-electron chi connectivity index (χ4n) is 2.96. The summed E-state index contributed by atoms with van der Waals surface area (Å²) in [4.78, 5) is 0. The Morgan fingerprint density at radius 3 is 1.78 bits per heavy atom. The Balaban J connectivity index is 2.12. The number of hydrogen-bond acceptors (Lipinski definition) is 0. The Morgan fingerprint density at radius 1 is 0.889 bits per heavy atom. The van der Waals surface area contributed by atoms with Crippen molar-refractivity contribution in [1.29, 1.82) is 0 Å². The van der Waals surface area contributed by atoms with Gasteiger partial charge in [0.2, 0.25) is 0 Å². The van der Waals surface area contributed by atoms with Gasteiger partial charge in [-0.05, 0) is 43.9 Å². The third-order valence-electron chi connectivity index (χ3n) is 3.49. The first-order valence-corrected chi connectivity index (χ1v) is 4.17. The molecule has 0 heteroatoms. The molecule has 3 aliphatic rings. The van der Waals surface area contributed by atoms with E-state index in [9.17, 15) is 0 Å². The molecule has 0 N–H and O–H groups in total. The van der Waals surface area contributed by atoms with Crippen molar-refractivity contribution >= 4 is 0 Å². The molecule has 0 radical (unpaired) electrons. The Hall–Kier alpha value is -0.260. The van der Waals surface area contributed by atoms with Gasteiger partial charge in [0.1, 0.15) is 0 Å². The van der Waals surface area contributed by atoms with Crippen LogP contribution in [0.15, 0.2) is 11.1 Å². The second-order valence-electron chi connectivity index (χ2n) is 3.76. The van der Waals surface area contributed by atoms with Crippen molar-refractivity contribution in [2.75, 3.05) is 0 Å². The van der Waals surface area contributed by atoms with Crippen LogP contribution in [0.2, 0.25) is 0 Å². The van der Waals surface area contributed by atoms with Crippen LogP contribution in [0.25, 0.3) is 0 Å². The van der Waals surface area contributed by atoms with Gasteiger partial charge in [0.05, 0.1) is 0 Å². The van der Waals surface area contributed by atoms with Gasteiger partial charge in [0, 0.05) is 0 Å². The molecule has 0 saturated heterocycles. The first-order chi connectivity index (χ1) is 4.45. The molecule has 9 heavy (non-hydrogen) atoms. The van der Waals surface area contributed by atoms with Crippen LogP contribution >= 0.6 is 0 Å². The van der Waals surface area contributed by atoms with E-state index in [-0.39, 0.29) is 0 Å².